The second kappa shape index (κ2) is 5.19. The molecule has 1 N–H and O–H groups in total. The van der Waals surface area contributed by atoms with Gasteiger partial charge in [-0.2, -0.15) is 0 Å². The molecule has 0 saturated heterocycles. The number of halogens is 2. The van der Waals surface area contributed by atoms with Gasteiger partial charge in [0.05, 0.1) is 12.1 Å². The van der Waals surface area contributed by atoms with Crippen LogP contribution in [0.4, 0.5) is 0 Å². The number of carbonyl (C=O) groups excluding carboxylic acids is 1. The molecule has 0 fully saturated rings. The topological polar surface area (TPSA) is 72.0 Å². The Balaban J connectivity index is 2.72. The molecule has 1 aromatic heterocycles. The molecular weight excluding hydrogens is 368 g/mol. The van der Waals surface area contributed by atoms with Gasteiger partial charge in [0.15, 0.2) is 0 Å². The molecule has 0 amide bonds. The van der Waals surface area contributed by atoms with Gasteiger partial charge in [0.25, 0.3) is 5.56 Å². The summed E-state index contributed by atoms with van der Waals surface area (Å²) in [6, 6.07) is 3.54. The van der Waals surface area contributed by atoms with Crippen LogP contribution >= 0.6 is 31.9 Å². The summed E-state index contributed by atoms with van der Waals surface area (Å²) in [5.41, 5.74) is 0.206. The lowest BCUT2D eigenvalue weighted by Gasteiger charge is -2.05. The molecule has 0 saturated carbocycles. The predicted octanol–water partition coefficient (Wildman–Crippen LogP) is 2.62. The van der Waals surface area contributed by atoms with Gasteiger partial charge in [-0.05, 0) is 50.9 Å². The number of hydrogen-bond acceptors (Lipinski definition) is 4. The highest BCUT2D eigenvalue weighted by molar-refractivity contribution is 9.11. The number of H-pyrrole nitrogens is 1. The zero-order valence-corrected chi connectivity index (χ0v) is 12.5. The largest absolute Gasteiger partial charge is 0.461 e. The van der Waals surface area contributed by atoms with E-state index >= 15 is 0 Å². The van der Waals surface area contributed by atoms with E-state index in [1.54, 1.807) is 19.1 Å². The number of hydrogen-bond donors (Lipinski definition) is 1. The van der Waals surface area contributed by atoms with Crippen LogP contribution in [-0.2, 0) is 4.74 Å². The Kier molecular flexibility index (Phi) is 3.82. The predicted molar refractivity (Wildman–Crippen MR) is 73.7 cm³/mol. The molecule has 7 heteroatoms. The van der Waals surface area contributed by atoms with Gasteiger partial charge < -0.3 is 9.72 Å². The van der Waals surface area contributed by atoms with E-state index in [2.05, 4.69) is 41.8 Å². The number of aromatic amines is 1. The first-order chi connectivity index (χ1) is 8.54. The molecule has 94 valence electrons. The van der Waals surface area contributed by atoms with E-state index in [0.717, 1.165) is 0 Å². The van der Waals surface area contributed by atoms with Crippen molar-refractivity contribution in [3.05, 3.63) is 37.1 Å². The highest BCUT2D eigenvalue weighted by atomic mass is 79.9. The third kappa shape index (κ3) is 2.32. The minimum Gasteiger partial charge on any atom is -0.461 e. The molecular formula is C11H8Br2N2O3. The van der Waals surface area contributed by atoms with Crippen LogP contribution in [0.3, 0.4) is 0 Å². The van der Waals surface area contributed by atoms with Gasteiger partial charge in [-0.1, -0.05) is 0 Å². The first-order valence-electron chi connectivity index (χ1n) is 5.09. The lowest BCUT2D eigenvalue weighted by atomic mass is 10.3. The average molecular weight is 376 g/mol. The third-order valence-corrected chi connectivity index (χ3v) is 3.52. The van der Waals surface area contributed by atoms with Crippen molar-refractivity contribution in [3.8, 4) is 0 Å². The Hall–Kier alpha value is -1.21. The summed E-state index contributed by atoms with van der Waals surface area (Å²) in [7, 11) is 0. The molecule has 0 aliphatic carbocycles. The SMILES string of the molecule is CCOC(=O)c1nc2c(Br)ccc(Br)c2[nH]c1=O. The number of nitrogens with zero attached hydrogens (tertiary/aromatic N) is 1. The maximum Gasteiger partial charge on any atom is 0.362 e. The van der Waals surface area contributed by atoms with E-state index in [0.29, 0.717) is 20.0 Å². The lowest BCUT2D eigenvalue weighted by Crippen LogP contribution is -2.22. The standard InChI is InChI=1S/C11H8Br2N2O3/c1-2-18-11(17)9-10(16)15-8-6(13)4-3-5(12)7(8)14-9/h3-4H,2H2,1H3,(H,15,16). The molecule has 2 aromatic rings. The summed E-state index contributed by atoms with van der Waals surface area (Å²) in [6.07, 6.45) is 0. The summed E-state index contributed by atoms with van der Waals surface area (Å²) < 4.78 is 6.16. The summed E-state index contributed by atoms with van der Waals surface area (Å²) in [4.78, 5) is 30.0. The van der Waals surface area contributed by atoms with E-state index in [-0.39, 0.29) is 12.3 Å². The van der Waals surface area contributed by atoms with Crippen molar-refractivity contribution in [3.63, 3.8) is 0 Å². The summed E-state index contributed by atoms with van der Waals surface area (Å²) in [5, 5.41) is 0. The second-order valence-electron chi connectivity index (χ2n) is 3.39. The number of nitrogens with one attached hydrogen (secondary N) is 1. The fourth-order valence-corrected chi connectivity index (χ4v) is 2.28. The van der Waals surface area contributed by atoms with E-state index in [4.69, 9.17) is 4.74 Å². The van der Waals surface area contributed by atoms with Crippen LogP contribution in [0.5, 0.6) is 0 Å². The number of fused-ring (bicyclic) bond motifs is 1. The van der Waals surface area contributed by atoms with Crippen molar-refractivity contribution in [1.29, 1.82) is 0 Å². The van der Waals surface area contributed by atoms with Gasteiger partial charge in [0, 0.05) is 8.95 Å². The molecule has 2 rings (SSSR count). The minimum absolute atomic E-state index is 0.192. The number of carbonyl (C=O) groups is 1. The first kappa shape index (κ1) is 13.2. The zero-order valence-electron chi connectivity index (χ0n) is 9.29. The van der Waals surface area contributed by atoms with E-state index in [1.165, 1.54) is 0 Å². The van der Waals surface area contributed by atoms with Crippen LogP contribution < -0.4 is 5.56 Å². The molecule has 0 unspecified atom stereocenters. The number of esters is 1. The molecule has 0 radical (unpaired) electrons. The van der Waals surface area contributed by atoms with Crippen molar-refractivity contribution in [1.82, 2.24) is 9.97 Å². The van der Waals surface area contributed by atoms with Crippen LogP contribution in [-0.4, -0.2) is 22.5 Å². The van der Waals surface area contributed by atoms with Gasteiger partial charge in [-0.25, -0.2) is 9.78 Å². The number of rotatable bonds is 2. The Bertz CT molecular complexity index is 682. The molecule has 0 atom stereocenters. The highest BCUT2D eigenvalue weighted by Gasteiger charge is 2.16. The molecule has 18 heavy (non-hydrogen) atoms. The normalized spacial score (nSPS) is 10.6. The number of benzene rings is 1. The van der Waals surface area contributed by atoms with E-state index in [9.17, 15) is 9.59 Å². The second-order valence-corrected chi connectivity index (χ2v) is 5.10. The van der Waals surface area contributed by atoms with E-state index < -0.39 is 11.5 Å². The third-order valence-electron chi connectivity index (χ3n) is 2.22. The van der Waals surface area contributed by atoms with Gasteiger partial charge in [-0.15, -0.1) is 0 Å². The first-order valence-corrected chi connectivity index (χ1v) is 6.68. The van der Waals surface area contributed by atoms with Gasteiger partial charge >= 0.3 is 5.97 Å². The summed E-state index contributed by atoms with van der Waals surface area (Å²) >= 11 is 6.63. The molecule has 1 aromatic carbocycles. The summed E-state index contributed by atoms with van der Waals surface area (Å²) in [6.45, 7) is 1.86. The van der Waals surface area contributed by atoms with Crippen molar-refractivity contribution in [2.45, 2.75) is 6.92 Å². The minimum atomic E-state index is -0.729. The maximum absolute atomic E-state index is 11.8. The van der Waals surface area contributed by atoms with Gasteiger partial charge in [0.1, 0.15) is 5.52 Å². The molecule has 0 aliphatic rings. The highest BCUT2D eigenvalue weighted by Crippen LogP contribution is 2.26. The Morgan fingerprint density at radius 3 is 2.72 bits per heavy atom. The monoisotopic (exact) mass is 374 g/mol. The van der Waals surface area contributed by atoms with Crippen LogP contribution in [0.2, 0.25) is 0 Å². The molecule has 5 nitrogen and oxygen atoms in total. The summed E-state index contributed by atoms with van der Waals surface area (Å²) in [5.74, 6) is -0.729. The quantitative estimate of drug-likeness (QED) is 0.819. The van der Waals surface area contributed by atoms with E-state index in [1.807, 2.05) is 0 Å². The van der Waals surface area contributed by atoms with Gasteiger partial charge in [-0.3, -0.25) is 4.79 Å². The van der Waals surface area contributed by atoms with Crippen LogP contribution in [0, 0.1) is 0 Å². The number of ether oxygens (including phenoxy) is 1. The fraction of sp³-hybridized carbons (Fsp3) is 0.182. The van der Waals surface area contributed by atoms with Crippen molar-refractivity contribution < 1.29 is 9.53 Å². The Morgan fingerprint density at radius 1 is 1.39 bits per heavy atom. The van der Waals surface area contributed by atoms with Crippen LogP contribution in [0.25, 0.3) is 11.0 Å². The Morgan fingerprint density at radius 2 is 2.06 bits per heavy atom. The smallest absolute Gasteiger partial charge is 0.362 e. The zero-order chi connectivity index (χ0) is 13.3. The molecule has 1 heterocycles. The molecule has 0 spiro atoms. The molecule has 0 aliphatic heterocycles. The maximum atomic E-state index is 11.8. The van der Waals surface area contributed by atoms with Crippen LogP contribution in [0.1, 0.15) is 17.4 Å². The van der Waals surface area contributed by atoms with Crippen molar-refractivity contribution in [2.75, 3.05) is 6.61 Å². The van der Waals surface area contributed by atoms with Crippen LogP contribution in [0.15, 0.2) is 25.9 Å². The number of aromatic nitrogens is 2. The molecule has 0 bridgehead atoms. The Labute approximate surface area is 119 Å². The fourth-order valence-electron chi connectivity index (χ4n) is 1.44. The lowest BCUT2D eigenvalue weighted by molar-refractivity contribution is 0.0517. The van der Waals surface area contributed by atoms with Crippen molar-refractivity contribution >= 4 is 48.9 Å². The van der Waals surface area contributed by atoms with Crippen molar-refractivity contribution in [2.24, 2.45) is 0 Å². The van der Waals surface area contributed by atoms with Gasteiger partial charge in [0.2, 0.25) is 5.69 Å². The average Bonchev–Trinajstić information content (AvgIpc) is 2.34.